The molecule has 2 aliphatic rings. The predicted molar refractivity (Wildman–Crippen MR) is 150 cm³/mol. The fourth-order valence-corrected chi connectivity index (χ4v) is 6.23. The molecule has 2 aromatic heterocycles. The number of nitrogens with two attached hydrogens (primary N) is 1. The lowest BCUT2D eigenvalue weighted by Crippen LogP contribution is -2.46. The molecule has 42 heavy (non-hydrogen) atoms. The Morgan fingerprint density at radius 2 is 1.93 bits per heavy atom. The Bertz CT molecular complexity index is 1780. The minimum Gasteiger partial charge on any atom is -0.370 e. The molecule has 0 unspecified atom stereocenters. The highest BCUT2D eigenvalue weighted by atomic mass is 35.5. The summed E-state index contributed by atoms with van der Waals surface area (Å²) in [5.41, 5.74) is 8.28. The Balaban J connectivity index is 1.24. The highest BCUT2D eigenvalue weighted by Gasteiger charge is 2.39. The average molecular weight is 604 g/mol. The highest BCUT2D eigenvalue weighted by Crippen LogP contribution is 2.34. The van der Waals surface area contributed by atoms with Gasteiger partial charge in [-0.05, 0) is 48.1 Å². The standard InChI is InChI=1S/C28H26ClF4N7O2/c29-20-9-16-10-22(26(42)40(13-28(31,32)33)12-19(16)18-11-35-38-24(18)20)36-27(34)39-6-4-14(5-7-39)17-8-15-2-1-3-21(30)23(15)37-25(17)41/h1-3,8-9,11,14,22H,4-7,10,12-13H2,(H2,34,36)(H,35,38)(H,37,41)/t22-/m1/s1. The number of nitrogens with zero attached hydrogens (tertiary/aromatic N) is 4. The van der Waals surface area contributed by atoms with Crippen molar-refractivity contribution in [2.75, 3.05) is 19.6 Å². The van der Waals surface area contributed by atoms with Crippen LogP contribution in [0, 0.1) is 5.82 Å². The first-order chi connectivity index (χ1) is 20.0. The summed E-state index contributed by atoms with van der Waals surface area (Å²) in [6.07, 6.45) is -2.04. The Kier molecular flexibility index (Phi) is 7.08. The van der Waals surface area contributed by atoms with E-state index in [0.29, 0.717) is 63.9 Å². The Labute approximate surface area is 241 Å². The number of carbonyl (C=O) groups excluding carboxylic acids is 1. The number of guanidine groups is 1. The van der Waals surface area contributed by atoms with Crippen LogP contribution in [-0.4, -0.2) is 68.7 Å². The average Bonchev–Trinajstić information content (AvgIpc) is 3.40. The molecular weight excluding hydrogens is 578 g/mol. The van der Waals surface area contributed by atoms with Gasteiger partial charge in [0.2, 0.25) is 5.91 Å². The van der Waals surface area contributed by atoms with Gasteiger partial charge in [-0.1, -0.05) is 23.7 Å². The van der Waals surface area contributed by atoms with E-state index in [1.54, 1.807) is 29.2 Å². The van der Waals surface area contributed by atoms with Gasteiger partial charge in [-0.25, -0.2) is 9.38 Å². The Morgan fingerprint density at radius 3 is 2.67 bits per heavy atom. The first-order valence-electron chi connectivity index (χ1n) is 13.4. The van der Waals surface area contributed by atoms with Crippen LogP contribution in [0.25, 0.3) is 21.8 Å². The number of piperidine rings is 1. The van der Waals surface area contributed by atoms with Crippen molar-refractivity contribution in [3.05, 3.63) is 74.4 Å². The number of hydrogen-bond donors (Lipinski definition) is 3. The maximum absolute atomic E-state index is 14.1. The summed E-state index contributed by atoms with van der Waals surface area (Å²) in [5.74, 6) is -1.37. The maximum Gasteiger partial charge on any atom is 0.406 e. The van der Waals surface area contributed by atoms with Crippen LogP contribution in [-0.2, 0) is 17.8 Å². The monoisotopic (exact) mass is 603 g/mol. The first-order valence-corrected chi connectivity index (χ1v) is 13.7. The van der Waals surface area contributed by atoms with Crippen LogP contribution in [0.1, 0.15) is 35.4 Å². The zero-order valence-electron chi connectivity index (χ0n) is 22.1. The van der Waals surface area contributed by atoms with Crippen molar-refractivity contribution in [3.63, 3.8) is 0 Å². The van der Waals surface area contributed by atoms with Gasteiger partial charge < -0.3 is 20.5 Å². The number of aliphatic imine (C=N–C) groups is 1. The van der Waals surface area contributed by atoms with E-state index in [4.69, 9.17) is 17.3 Å². The molecule has 1 amide bonds. The molecule has 4 heterocycles. The fourth-order valence-electron chi connectivity index (χ4n) is 5.95. The lowest BCUT2D eigenvalue weighted by atomic mass is 9.89. The van der Waals surface area contributed by atoms with Gasteiger partial charge in [-0.15, -0.1) is 0 Å². The Morgan fingerprint density at radius 1 is 1.17 bits per heavy atom. The topological polar surface area (TPSA) is 123 Å². The van der Waals surface area contributed by atoms with Crippen molar-refractivity contribution in [2.45, 2.75) is 43.9 Å². The number of hydrogen-bond acceptors (Lipinski definition) is 4. The summed E-state index contributed by atoms with van der Waals surface area (Å²) in [4.78, 5) is 35.7. The van der Waals surface area contributed by atoms with E-state index in [1.807, 2.05) is 0 Å². The molecule has 14 heteroatoms. The molecule has 2 aromatic carbocycles. The second kappa shape index (κ2) is 10.6. The van der Waals surface area contributed by atoms with E-state index < -0.39 is 30.5 Å². The minimum atomic E-state index is -4.61. The predicted octanol–water partition coefficient (Wildman–Crippen LogP) is 4.21. The van der Waals surface area contributed by atoms with Crippen molar-refractivity contribution < 1.29 is 22.4 Å². The third kappa shape index (κ3) is 5.28. The van der Waals surface area contributed by atoms with Crippen LogP contribution in [0.2, 0.25) is 5.02 Å². The van der Waals surface area contributed by atoms with Gasteiger partial charge in [0.1, 0.15) is 18.4 Å². The van der Waals surface area contributed by atoms with Gasteiger partial charge in [0.15, 0.2) is 5.96 Å². The molecule has 0 bridgehead atoms. The molecule has 0 spiro atoms. The molecule has 4 N–H and O–H groups in total. The number of carbonyl (C=O) groups is 1. The van der Waals surface area contributed by atoms with E-state index >= 15 is 0 Å². The first kappa shape index (κ1) is 28.0. The van der Waals surface area contributed by atoms with Crippen LogP contribution < -0.4 is 11.3 Å². The number of para-hydroxylation sites is 1. The number of benzene rings is 2. The van der Waals surface area contributed by atoms with Crippen LogP contribution >= 0.6 is 11.6 Å². The summed E-state index contributed by atoms with van der Waals surface area (Å²) in [5, 5.41) is 8.20. The molecule has 1 fully saturated rings. The molecule has 2 aliphatic heterocycles. The highest BCUT2D eigenvalue weighted by molar-refractivity contribution is 6.35. The molecule has 9 nitrogen and oxygen atoms in total. The van der Waals surface area contributed by atoms with Gasteiger partial charge in [0.05, 0.1) is 22.3 Å². The third-order valence-corrected chi connectivity index (χ3v) is 8.32. The largest absolute Gasteiger partial charge is 0.406 e. The van der Waals surface area contributed by atoms with Gasteiger partial charge >= 0.3 is 6.18 Å². The smallest absolute Gasteiger partial charge is 0.370 e. The van der Waals surface area contributed by atoms with Crippen molar-refractivity contribution in [1.82, 2.24) is 25.0 Å². The fraction of sp³-hybridized carbons (Fsp3) is 0.357. The van der Waals surface area contributed by atoms with Crippen LogP contribution in [0.4, 0.5) is 17.6 Å². The molecule has 6 rings (SSSR count). The zero-order chi connectivity index (χ0) is 29.8. The van der Waals surface area contributed by atoms with Crippen molar-refractivity contribution in [1.29, 1.82) is 0 Å². The summed E-state index contributed by atoms with van der Waals surface area (Å²) >= 11 is 6.40. The maximum atomic E-state index is 14.1. The summed E-state index contributed by atoms with van der Waals surface area (Å²) < 4.78 is 54.5. The van der Waals surface area contributed by atoms with E-state index in [9.17, 15) is 27.2 Å². The summed E-state index contributed by atoms with van der Waals surface area (Å²) in [6, 6.07) is 6.73. The lowest BCUT2D eigenvalue weighted by molar-refractivity contribution is -0.162. The van der Waals surface area contributed by atoms with E-state index in [0.717, 1.165) is 4.90 Å². The molecule has 0 aliphatic carbocycles. The number of fused-ring (bicyclic) bond motifs is 4. The van der Waals surface area contributed by atoms with Crippen LogP contribution in [0.5, 0.6) is 0 Å². The number of aromatic nitrogens is 3. The molecule has 1 saturated heterocycles. The number of aromatic amines is 2. The van der Waals surface area contributed by atoms with E-state index in [1.165, 1.54) is 12.3 Å². The van der Waals surface area contributed by atoms with Gasteiger partial charge in [0.25, 0.3) is 5.56 Å². The molecule has 220 valence electrons. The SMILES string of the molecule is NC(=N[C@@H]1Cc2cc(Cl)c3[nH]ncc3c2CN(CC(F)(F)F)C1=O)N1CCC(c2cc3cccc(F)c3[nH]c2=O)CC1. The number of alkyl halides is 3. The normalized spacial score (nSPS) is 19.0. The summed E-state index contributed by atoms with van der Waals surface area (Å²) in [7, 11) is 0. The number of likely N-dealkylation sites (tertiary alicyclic amines) is 1. The van der Waals surface area contributed by atoms with Crippen molar-refractivity contribution in [2.24, 2.45) is 10.7 Å². The number of nitrogens with one attached hydrogen (secondary N) is 2. The molecule has 4 aromatic rings. The number of rotatable bonds is 3. The van der Waals surface area contributed by atoms with Gasteiger partial charge in [0, 0.05) is 42.4 Å². The van der Waals surface area contributed by atoms with Crippen molar-refractivity contribution in [3.8, 4) is 0 Å². The van der Waals surface area contributed by atoms with E-state index in [-0.39, 0.29) is 35.9 Å². The minimum absolute atomic E-state index is 0.0174. The van der Waals surface area contributed by atoms with Crippen LogP contribution in [0.3, 0.4) is 0 Å². The molecule has 0 radical (unpaired) electrons. The number of H-pyrrole nitrogens is 2. The number of amides is 1. The molecule has 1 atom stereocenters. The van der Waals surface area contributed by atoms with Gasteiger partial charge in [-0.2, -0.15) is 18.3 Å². The molecular formula is C28H26ClF4N7O2. The van der Waals surface area contributed by atoms with Crippen molar-refractivity contribution >= 4 is 45.3 Å². The second-order valence-electron chi connectivity index (χ2n) is 10.7. The quantitative estimate of drug-likeness (QED) is 0.184. The number of pyridine rings is 1. The zero-order valence-corrected chi connectivity index (χ0v) is 22.9. The summed E-state index contributed by atoms with van der Waals surface area (Å²) in [6.45, 7) is -0.894. The van der Waals surface area contributed by atoms with Crippen LogP contribution in [0.15, 0.2) is 46.3 Å². The second-order valence-corrected chi connectivity index (χ2v) is 11.1. The lowest BCUT2D eigenvalue weighted by Gasteiger charge is -2.33. The Hall–Kier alpha value is -4.13. The molecule has 0 saturated carbocycles. The van der Waals surface area contributed by atoms with E-state index in [2.05, 4.69) is 20.2 Å². The third-order valence-electron chi connectivity index (χ3n) is 8.03. The van der Waals surface area contributed by atoms with Gasteiger partial charge in [-0.3, -0.25) is 14.7 Å². The number of halogens is 5.